The van der Waals surface area contributed by atoms with Crippen molar-refractivity contribution in [1.29, 1.82) is 0 Å². The second-order valence-electron chi connectivity index (χ2n) is 2.79. The van der Waals surface area contributed by atoms with Crippen LogP contribution in [0.5, 0.6) is 0 Å². The molecule has 15 heavy (non-hydrogen) atoms. The van der Waals surface area contributed by atoms with E-state index < -0.39 is 0 Å². The summed E-state index contributed by atoms with van der Waals surface area (Å²) < 4.78 is 1.73. The lowest BCUT2D eigenvalue weighted by molar-refractivity contribution is 0.111. The fraction of sp³-hybridized carbons (Fsp3) is 0.200. The van der Waals surface area contributed by atoms with Gasteiger partial charge in [-0.2, -0.15) is 0 Å². The van der Waals surface area contributed by atoms with Crippen LogP contribution in [-0.4, -0.2) is 28.1 Å². The standard InChI is InChI=1S/C9H7ClN2O.CH4O/c1-12-7(5-13)4-6-2-3-11-9(10)8(6)12;1-2/h2-5H,1H3;2H,1H3. The third kappa shape index (κ3) is 2.00. The Hall–Kier alpha value is -1.39. The van der Waals surface area contributed by atoms with Crippen LogP contribution in [0.3, 0.4) is 0 Å². The summed E-state index contributed by atoms with van der Waals surface area (Å²) in [7, 11) is 2.79. The monoisotopic (exact) mass is 226 g/mol. The van der Waals surface area contributed by atoms with E-state index in [1.54, 1.807) is 23.9 Å². The average molecular weight is 227 g/mol. The van der Waals surface area contributed by atoms with Gasteiger partial charge in [0.25, 0.3) is 0 Å². The number of aliphatic hydroxyl groups excluding tert-OH is 1. The summed E-state index contributed by atoms with van der Waals surface area (Å²) in [6.07, 6.45) is 2.43. The molecule has 5 heteroatoms. The molecule has 0 saturated carbocycles. The first-order chi connectivity index (χ1) is 7.24. The van der Waals surface area contributed by atoms with E-state index in [0.29, 0.717) is 10.8 Å². The van der Waals surface area contributed by atoms with Gasteiger partial charge in [0.15, 0.2) is 11.4 Å². The maximum atomic E-state index is 10.6. The van der Waals surface area contributed by atoms with Crippen LogP contribution in [0.25, 0.3) is 10.9 Å². The highest BCUT2D eigenvalue weighted by Crippen LogP contribution is 2.23. The number of carbonyl (C=O) groups is 1. The van der Waals surface area contributed by atoms with Crippen LogP contribution in [0.1, 0.15) is 10.5 Å². The second-order valence-corrected chi connectivity index (χ2v) is 3.14. The maximum Gasteiger partial charge on any atom is 0.166 e. The van der Waals surface area contributed by atoms with E-state index in [0.717, 1.165) is 24.3 Å². The van der Waals surface area contributed by atoms with Gasteiger partial charge in [0.1, 0.15) is 0 Å². The molecular formula is C10H11ClN2O2. The molecule has 0 bridgehead atoms. The second kappa shape index (κ2) is 4.91. The third-order valence-electron chi connectivity index (χ3n) is 2.06. The highest BCUT2D eigenvalue weighted by molar-refractivity contribution is 6.34. The molecule has 0 spiro atoms. The molecule has 4 nitrogen and oxygen atoms in total. The van der Waals surface area contributed by atoms with Crippen LogP contribution in [-0.2, 0) is 7.05 Å². The molecule has 0 atom stereocenters. The van der Waals surface area contributed by atoms with Crippen LogP contribution < -0.4 is 0 Å². The molecule has 2 rings (SSSR count). The molecule has 2 aromatic heterocycles. The Kier molecular flexibility index (Phi) is 3.82. The molecule has 0 amide bonds. The molecule has 80 valence electrons. The number of hydrogen-bond acceptors (Lipinski definition) is 3. The molecule has 0 radical (unpaired) electrons. The van der Waals surface area contributed by atoms with Crippen molar-refractivity contribution in [1.82, 2.24) is 9.55 Å². The zero-order chi connectivity index (χ0) is 11.4. The Morgan fingerprint density at radius 1 is 1.53 bits per heavy atom. The van der Waals surface area contributed by atoms with E-state index in [1.165, 1.54) is 0 Å². The lowest BCUT2D eigenvalue weighted by Gasteiger charge is -1.98. The molecule has 0 aliphatic rings. The van der Waals surface area contributed by atoms with Gasteiger partial charge in [0.05, 0.1) is 11.2 Å². The number of carbonyl (C=O) groups excluding carboxylic acids is 1. The lowest BCUT2D eigenvalue weighted by atomic mass is 10.3. The van der Waals surface area contributed by atoms with E-state index in [2.05, 4.69) is 4.98 Å². The van der Waals surface area contributed by atoms with Gasteiger partial charge < -0.3 is 9.67 Å². The first-order valence-corrected chi connectivity index (χ1v) is 4.61. The highest BCUT2D eigenvalue weighted by Gasteiger charge is 2.07. The number of hydrogen-bond donors (Lipinski definition) is 1. The zero-order valence-electron chi connectivity index (χ0n) is 8.44. The smallest absolute Gasteiger partial charge is 0.166 e. The molecule has 0 fully saturated rings. The Balaban J connectivity index is 0.000000531. The minimum atomic E-state index is 0.424. The Morgan fingerprint density at radius 3 is 2.73 bits per heavy atom. The van der Waals surface area contributed by atoms with Gasteiger partial charge in [-0.1, -0.05) is 11.6 Å². The molecule has 2 heterocycles. The molecule has 2 aromatic rings. The van der Waals surface area contributed by atoms with Crippen LogP contribution in [0.2, 0.25) is 5.15 Å². The normalized spacial score (nSPS) is 9.60. The molecule has 0 aliphatic carbocycles. The number of aldehydes is 1. The van der Waals surface area contributed by atoms with Crippen LogP contribution >= 0.6 is 11.6 Å². The summed E-state index contributed by atoms with van der Waals surface area (Å²) in [5, 5.41) is 8.36. The number of aliphatic hydroxyl groups is 1. The number of pyridine rings is 1. The minimum absolute atomic E-state index is 0.424. The van der Waals surface area contributed by atoms with E-state index in [9.17, 15) is 4.79 Å². The maximum absolute atomic E-state index is 10.6. The van der Waals surface area contributed by atoms with Gasteiger partial charge >= 0.3 is 0 Å². The Labute approximate surface area is 92.1 Å². The number of aryl methyl sites for hydroxylation is 1. The fourth-order valence-corrected chi connectivity index (χ4v) is 1.68. The lowest BCUT2D eigenvalue weighted by Crippen LogP contribution is -1.94. The van der Waals surface area contributed by atoms with Crippen molar-refractivity contribution in [2.24, 2.45) is 7.05 Å². The van der Waals surface area contributed by atoms with Gasteiger partial charge in [0.2, 0.25) is 0 Å². The van der Waals surface area contributed by atoms with Crippen molar-refractivity contribution in [3.63, 3.8) is 0 Å². The number of fused-ring (bicyclic) bond motifs is 1. The summed E-state index contributed by atoms with van der Waals surface area (Å²) in [5.41, 5.74) is 1.40. The molecule has 1 N–H and O–H groups in total. The molecule has 0 unspecified atom stereocenters. The first-order valence-electron chi connectivity index (χ1n) is 4.24. The summed E-state index contributed by atoms with van der Waals surface area (Å²) >= 11 is 5.88. The first kappa shape index (κ1) is 11.7. The SMILES string of the molecule is CO.Cn1c(C=O)cc2ccnc(Cl)c21. The molecule has 0 aliphatic heterocycles. The zero-order valence-corrected chi connectivity index (χ0v) is 9.19. The summed E-state index contributed by atoms with van der Waals surface area (Å²) in [6.45, 7) is 0. The summed E-state index contributed by atoms with van der Waals surface area (Å²) in [5.74, 6) is 0. The molecule has 0 aromatic carbocycles. The quantitative estimate of drug-likeness (QED) is 0.594. The van der Waals surface area contributed by atoms with E-state index in [4.69, 9.17) is 16.7 Å². The Bertz CT molecular complexity index is 479. The van der Waals surface area contributed by atoms with E-state index >= 15 is 0 Å². The minimum Gasteiger partial charge on any atom is -0.400 e. The largest absolute Gasteiger partial charge is 0.400 e. The fourth-order valence-electron chi connectivity index (χ4n) is 1.39. The number of nitrogens with zero attached hydrogens (tertiary/aromatic N) is 2. The Morgan fingerprint density at radius 2 is 2.20 bits per heavy atom. The predicted molar refractivity (Wildman–Crippen MR) is 59.3 cm³/mol. The molecular weight excluding hydrogens is 216 g/mol. The topological polar surface area (TPSA) is 55.1 Å². The van der Waals surface area contributed by atoms with Gasteiger partial charge in [-0.3, -0.25) is 4.79 Å². The summed E-state index contributed by atoms with van der Waals surface area (Å²) in [4.78, 5) is 14.6. The van der Waals surface area contributed by atoms with Crippen LogP contribution in [0, 0.1) is 0 Å². The number of rotatable bonds is 1. The van der Waals surface area contributed by atoms with Gasteiger partial charge in [-0.15, -0.1) is 0 Å². The number of halogens is 1. The van der Waals surface area contributed by atoms with Gasteiger partial charge in [-0.05, 0) is 12.1 Å². The van der Waals surface area contributed by atoms with Crippen molar-refractivity contribution in [3.05, 3.63) is 29.2 Å². The summed E-state index contributed by atoms with van der Waals surface area (Å²) in [6, 6.07) is 3.62. The van der Waals surface area contributed by atoms with Crippen molar-refractivity contribution < 1.29 is 9.90 Å². The van der Waals surface area contributed by atoms with Crippen molar-refractivity contribution >= 4 is 28.8 Å². The average Bonchev–Trinajstić information content (AvgIpc) is 2.60. The van der Waals surface area contributed by atoms with Gasteiger partial charge in [0, 0.05) is 25.7 Å². The van der Waals surface area contributed by atoms with Crippen molar-refractivity contribution in [3.8, 4) is 0 Å². The van der Waals surface area contributed by atoms with Crippen molar-refractivity contribution in [2.75, 3.05) is 7.11 Å². The highest BCUT2D eigenvalue weighted by atomic mass is 35.5. The predicted octanol–water partition coefficient (Wildman–Crippen LogP) is 1.65. The van der Waals surface area contributed by atoms with Crippen molar-refractivity contribution in [2.45, 2.75) is 0 Å². The number of aromatic nitrogens is 2. The van der Waals surface area contributed by atoms with E-state index in [-0.39, 0.29) is 0 Å². The van der Waals surface area contributed by atoms with Gasteiger partial charge in [-0.25, -0.2) is 4.98 Å². The van der Waals surface area contributed by atoms with Crippen LogP contribution in [0.4, 0.5) is 0 Å². The third-order valence-corrected chi connectivity index (χ3v) is 2.33. The van der Waals surface area contributed by atoms with Crippen LogP contribution in [0.15, 0.2) is 18.3 Å². The molecule has 0 saturated heterocycles. The van der Waals surface area contributed by atoms with E-state index in [1.807, 2.05) is 6.07 Å².